The maximum atomic E-state index is 12.5. The highest BCUT2D eigenvalue weighted by Gasteiger charge is 2.38. The normalized spacial score (nSPS) is 21.0. The summed E-state index contributed by atoms with van der Waals surface area (Å²) in [6, 6.07) is 3.18. The van der Waals surface area contributed by atoms with Gasteiger partial charge in [-0.25, -0.2) is 0 Å². The van der Waals surface area contributed by atoms with Crippen LogP contribution in [0.3, 0.4) is 0 Å². The van der Waals surface area contributed by atoms with Crippen LogP contribution in [0.5, 0.6) is 11.5 Å². The predicted molar refractivity (Wildman–Crippen MR) is 83.5 cm³/mol. The van der Waals surface area contributed by atoms with E-state index in [0.717, 1.165) is 0 Å². The topological polar surface area (TPSA) is 76.7 Å². The first kappa shape index (κ1) is 16.4. The monoisotopic (exact) mass is 326 g/mol. The number of methoxy groups -OCH3 is 2. The molecule has 7 heteroatoms. The van der Waals surface area contributed by atoms with Crippen LogP contribution >= 0.6 is 11.6 Å². The van der Waals surface area contributed by atoms with Crippen molar-refractivity contribution in [1.29, 1.82) is 0 Å². The van der Waals surface area contributed by atoms with Crippen LogP contribution in [0.1, 0.15) is 19.8 Å². The summed E-state index contributed by atoms with van der Waals surface area (Å²) in [7, 11) is 3.01. The van der Waals surface area contributed by atoms with Gasteiger partial charge < -0.3 is 20.1 Å². The first-order chi connectivity index (χ1) is 10.4. The minimum absolute atomic E-state index is 0.123. The molecule has 1 heterocycles. The molecule has 22 heavy (non-hydrogen) atoms. The maximum absolute atomic E-state index is 12.5. The van der Waals surface area contributed by atoms with E-state index in [0.29, 0.717) is 35.2 Å². The van der Waals surface area contributed by atoms with E-state index in [1.54, 1.807) is 19.1 Å². The minimum atomic E-state index is -0.751. The van der Waals surface area contributed by atoms with Crippen molar-refractivity contribution in [3.05, 3.63) is 17.2 Å². The molecule has 0 aromatic heterocycles. The number of carbonyl (C=O) groups excluding carboxylic acids is 2. The first-order valence-corrected chi connectivity index (χ1v) is 7.27. The van der Waals surface area contributed by atoms with Gasteiger partial charge in [-0.2, -0.15) is 0 Å². The van der Waals surface area contributed by atoms with E-state index < -0.39 is 5.41 Å². The number of rotatable bonds is 4. The van der Waals surface area contributed by atoms with Gasteiger partial charge in [0.05, 0.1) is 30.3 Å². The fourth-order valence-electron chi connectivity index (χ4n) is 2.40. The highest BCUT2D eigenvalue weighted by molar-refractivity contribution is 6.34. The van der Waals surface area contributed by atoms with Crippen LogP contribution < -0.4 is 20.1 Å². The number of anilines is 1. The Balaban J connectivity index is 2.23. The molecule has 2 amide bonds. The summed E-state index contributed by atoms with van der Waals surface area (Å²) in [5.74, 6) is 0.585. The molecule has 1 aromatic carbocycles. The van der Waals surface area contributed by atoms with Gasteiger partial charge in [-0.05, 0) is 6.42 Å². The summed E-state index contributed by atoms with van der Waals surface area (Å²) in [6.45, 7) is 2.26. The zero-order valence-corrected chi connectivity index (χ0v) is 13.5. The molecule has 0 saturated carbocycles. The van der Waals surface area contributed by atoms with Crippen LogP contribution in [0.4, 0.5) is 5.69 Å². The van der Waals surface area contributed by atoms with Gasteiger partial charge in [0.15, 0.2) is 11.5 Å². The average Bonchev–Trinajstić information content (AvgIpc) is 2.48. The maximum Gasteiger partial charge on any atom is 0.230 e. The van der Waals surface area contributed by atoms with Crippen molar-refractivity contribution in [2.75, 3.05) is 26.1 Å². The Morgan fingerprint density at radius 1 is 1.32 bits per heavy atom. The number of benzene rings is 1. The van der Waals surface area contributed by atoms with Crippen LogP contribution in [0.2, 0.25) is 5.02 Å². The van der Waals surface area contributed by atoms with Crippen LogP contribution in [0.15, 0.2) is 12.1 Å². The number of halogens is 1. The van der Waals surface area contributed by atoms with E-state index >= 15 is 0 Å². The number of ether oxygens (including phenoxy) is 2. The number of carbonyl (C=O) groups is 2. The molecule has 120 valence electrons. The number of hydrogen-bond donors (Lipinski definition) is 2. The van der Waals surface area contributed by atoms with Gasteiger partial charge in [0.25, 0.3) is 0 Å². The van der Waals surface area contributed by atoms with Crippen molar-refractivity contribution >= 4 is 29.1 Å². The Morgan fingerprint density at radius 3 is 2.55 bits per heavy atom. The lowest BCUT2D eigenvalue weighted by Crippen LogP contribution is -2.45. The molecule has 1 saturated heterocycles. The Kier molecular flexibility index (Phi) is 4.81. The smallest absolute Gasteiger partial charge is 0.230 e. The van der Waals surface area contributed by atoms with Gasteiger partial charge in [-0.15, -0.1) is 0 Å². The number of piperidine rings is 1. The summed E-state index contributed by atoms with van der Waals surface area (Å²) in [5, 5.41) is 5.84. The molecular weight excluding hydrogens is 308 g/mol. The standard InChI is InChI=1S/C15H19ClN2O4/c1-15(4-5-17-13(19)8-15)14(20)18-10-7-12(22-3)11(21-2)6-9(10)16/h6-7H,4-5,8H2,1-3H3,(H,17,19)(H,18,20). The van der Waals surface area contributed by atoms with Crippen molar-refractivity contribution in [3.63, 3.8) is 0 Å². The van der Waals surface area contributed by atoms with E-state index in [-0.39, 0.29) is 18.2 Å². The molecular formula is C15H19ClN2O4. The molecule has 0 bridgehead atoms. The Labute approximate surface area is 134 Å². The molecule has 0 radical (unpaired) electrons. The first-order valence-electron chi connectivity index (χ1n) is 6.89. The van der Waals surface area contributed by atoms with Gasteiger partial charge in [0.2, 0.25) is 11.8 Å². The third kappa shape index (κ3) is 3.27. The molecule has 0 spiro atoms. The van der Waals surface area contributed by atoms with Gasteiger partial charge >= 0.3 is 0 Å². The second-order valence-corrected chi connectivity index (χ2v) is 5.89. The summed E-state index contributed by atoms with van der Waals surface area (Å²) in [4.78, 5) is 24.1. The minimum Gasteiger partial charge on any atom is -0.493 e. The SMILES string of the molecule is COc1cc(Cl)c(NC(=O)C2(C)CCNC(=O)C2)cc1OC. The molecule has 1 aromatic rings. The van der Waals surface area contributed by atoms with Crippen LogP contribution in [-0.4, -0.2) is 32.6 Å². The molecule has 2 rings (SSSR count). The summed E-state index contributed by atoms with van der Waals surface area (Å²) >= 11 is 6.16. The Hall–Kier alpha value is -1.95. The lowest BCUT2D eigenvalue weighted by molar-refractivity contribution is -0.134. The van der Waals surface area contributed by atoms with Crippen LogP contribution in [0, 0.1) is 5.41 Å². The molecule has 1 fully saturated rings. The lowest BCUT2D eigenvalue weighted by Gasteiger charge is -2.31. The molecule has 1 unspecified atom stereocenters. The van der Waals surface area contributed by atoms with E-state index in [2.05, 4.69) is 10.6 Å². The number of hydrogen-bond acceptors (Lipinski definition) is 4. The molecule has 2 N–H and O–H groups in total. The molecule has 6 nitrogen and oxygen atoms in total. The second kappa shape index (κ2) is 6.44. The summed E-state index contributed by atoms with van der Waals surface area (Å²) in [5.41, 5.74) is -0.324. The van der Waals surface area contributed by atoms with Crippen molar-refractivity contribution in [1.82, 2.24) is 5.32 Å². The fourth-order valence-corrected chi connectivity index (χ4v) is 2.60. The van der Waals surface area contributed by atoms with Crippen molar-refractivity contribution in [3.8, 4) is 11.5 Å². The highest BCUT2D eigenvalue weighted by atomic mass is 35.5. The van der Waals surface area contributed by atoms with Crippen LogP contribution in [-0.2, 0) is 9.59 Å². The van der Waals surface area contributed by atoms with Gasteiger partial charge in [0.1, 0.15) is 0 Å². The van der Waals surface area contributed by atoms with Gasteiger partial charge in [-0.3, -0.25) is 9.59 Å². The highest BCUT2D eigenvalue weighted by Crippen LogP contribution is 2.37. The van der Waals surface area contributed by atoms with Gasteiger partial charge in [0, 0.05) is 25.1 Å². The zero-order chi connectivity index (χ0) is 16.3. The van der Waals surface area contributed by atoms with Gasteiger partial charge in [-0.1, -0.05) is 18.5 Å². The Bertz CT molecular complexity index is 605. The average molecular weight is 327 g/mol. The zero-order valence-electron chi connectivity index (χ0n) is 12.8. The van der Waals surface area contributed by atoms with E-state index in [4.69, 9.17) is 21.1 Å². The van der Waals surface area contributed by atoms with E-state index in [1.807, 2.05) is 0 Å². The Morgan fingerprint density at radius 2 is 1.95 bits per heavy atom. The second-order valence-electron chi connectivity index (χ2n) is 5.48. The van der Waals surface area contributed by atoms with E-state index in [9.17, 15) is 9.59 Å². The molecule has 1 aliphatic rings. The largest absolute Gasteiger partial charge is 0.493 e. The van der Waals surface area contributed by atoms with Crippen molar-refractivity contribution < 1.29 is 19.1 Å². The summed E-state index contributed by atoms with van der Waals surface area (Å²) < 4.78 is 10.4. The van der Waals surface area contributed by atoms with Crippen molar-refractivity contribution in [2.45, 2.75) is 19.8 Å². The molecule has 1 aliphatic heterocycles. The fraction of sp³-hybridized carbons (Fsp3) is 0.467. The van der Waals surface area contributed by atoms with E-state index in [1.165, 1.54) is 14.2 Å². The van der Waals surface area contributed by atoms with Crippen LogP contribution in [0.25, 0.3) is 0 Å². The molecule has 1 atom stereocenters. The number of amides is 2. The van der Waals surface area contributed by atoms with Crippen molar-refractivity contribution in [2.24, 2.45) is 5.41 Å². The molecule has 0 aliphatic carbocycles. The quantitative estimate of drug-likeness (QED) is 0.889. The third-order valence-corrected chi connectivity index (χ3v) is 4.13. The lowest BCUT2D eigenvalue weighted by atomic mass is 9.79. The third-order valence-electron chi connectivity index (χ3n) is 3.82. The summed E-state index contributed by atoms with van der Waals surface area (Å²) in [6.07, 6.45) is 0.735. The predicted octanol–water partition coefficient (Wildman–Crippen LogP) is 2.21. The number of nitrogens with one attached hydrogen (secondary N) is 2.